The molecule has 0 amide bonds. The number of benzene rings is 2. The second-order valence-electron chi connectivity index (χ2n) is 3.80. The van der Waals surface area contributed by atoms with Crippen LogP contribution in [0, 0.1) is 11.6 Å². The van der Waals surface area contributed by atoms with Gasteiger partial charge in [0.25, 0.3) is 0 Å². The molecule has 4 heteroatoms. The van der Waals surface area contributed by atoms with Crippen LogP contribution in [-0.2, 0) is 6.42 Å². The van der Waals surface area contributed by atoms with E-state index in [1.54, 1.807) is 18.2 Å². The number of ether oxygens (including phenoxy) is 1. The van der Waals surface area contributed by atoms with Gasteiger partial charge < -0.3 is 4.74 Å². The van der Waals surface area contributed by atoms with Crippen molar-refractivity contribution in [3.8, 4) is 5.75 Å². The van der Waals surface area contributed by atoms with E-state index in [-0.39, 0.29) is 11.6 Å². The molecule has 2 rings (SSSR count). The minimum absolute atomic E-state index is 0.203. The van der Waals surface area contributed by atoms with Gasteiger partial charge in [0.2, 0.25) is 0 Å². The second kappa shape index (κ2) is 5.96. The lowest BCUT2D eigenvalue weighted by Gasteiger charge is -2.07. The van der Waals surface area contributed by atoms with Crippen LogP contribution in [0.2, 0.25) is 0 Å². The fraction of sp³-hybridized carbons (Fsp3) is 0.143. The maximum atomic E-state index is 13.4. The highest BCUT2D eigenvalue weighted by atomic mass is 79.9. The van der Waals surface area contributed by atoms with Crippen LogP contribution in [-0.4, -0.2) is 6.61 Å². The highest BCUT2D eigenvalue weighted by Crippen LogP contribution is 2.21. The lowest BCUT2D eigenvalue weighted by Crippen LogP contribution is -2.02. The molecule has 2 aromatic carbocycles. The molecule has 18 heavy (non-hydrogen) atoms. The van der Waals surface area contributed by atoms with Crippen LogP contribution in [0.5, 0.6) is 5.75 Å². The van der Waals surface area contributed by atoms with Crippen LogP contribution < -0.4 is 4.74 Å². The van der Waals surface area contributed by atoms with Crippen LogP contribution >= 0.6 is 15.9 Å². The Labute approximate surface area is 113 Å². The zero-order chi connectivity index (χ0) is 13.0. The summed E-state index contributed by atoms with van der Waals surface area (Å²) in [6, 6.07) is 10.9. The normalized spacial score (nSPS) is 10.4. The molecule has 0 aliphatic heterocycles. The SMILES string of the molecule is Fc1cccc(CCOc2ccc(Br)cc2F)c1. The molecule has 0 radical (unpaired) electrons. The first-order valence-corrected chi connectivity index (χ1v) is 6.27. The van der Waals surface area contributed by atoms with E-state index >= 15 is 0 Å². The van der Waals surface area contributed by atoms with E-state index in [1.165, 1.54) is 18.2 Å². The summed E-state index contributed by atoms with van der Waals surface area (Å²) in [4.78, 5) is 0. The molecule has 0 fully saturated rings. The van der Waals surface area contributed by atoms with Gasteiger partial charge in [-0.3, -0.25) is 0 Å². The van der Waals surface area contributed by atoms with Crippen molar-refractivity contribution in [3.05, 3.63) is 64.1 Å². The van der Waals surface area contributed by atoms with Gasteiger partial charge in [-0.15, -0.1) is 0 Å². The van der Waals surface area contributed by atoms with Gasteiger partial charge in [0, 0.05) is 10.9 Å². The summed E-state index contributed by atoms with van der Waals surface area (Å²) in [6.45, 7) is 0.308. The van der Waals surface area contributed by atoms with E-state index in [9.17, 15) is 8.78 Å². The molecule has 0 heterocycles. The number of halogens is 3. The van der Waals surface area contributed by atoms with Crippen LogP contribution in [0.1, 0.15) is 5.56 Å². The zero-order valence-corrected chi connectivity index (χ0v) is 11.1. The van der Waals surface area contributed by atoms with E-state index in [0.29, 0.717) is 17.5 Å². The number of hydrogen-bond acceptors (Lipinski definition) is 1. The minimum atomic E-state index is -0.413. The van der Waals surface area contributed by atoms with Crippen molar-refractivity contribution in [1.82, 2.24) is 0 Å². The van der Waals surface area contributed by atoms with Gasteiger partial charge in [-0.05, 0) is 35.9 Å². The van der Waals surface area contributed by atoms with Gasteiger partial charge in [0.05, 0.1) is 6.61 Å². The van der Waals surface area contributed by atoms with Crippen molar-refractivity contribution in [3.63, 3.8) is 0 Å². The zero-order valence-electron chi connectivity index (χ0n) is 9.50. The van der Waals surface area contributed by atoms with Crippen molar-refractivity contribution in [2.75, 3.05) is 6.61 Å². The molecule has 2 aromatic rings. The van der Waals surface area contributed by atoms with Gasteiger partial charge in [0.1, 0.15) is 5.82 Å². The molecule has 0 aliphatic rings. The predicted octanol–water partition coefficient (Wildman–Crippen LogP) is 4.35. The Kier molecular flexibility index (Phi) is 4.31. The lowest BCUT2D eigenvalue weighted by atomic mass is 10.1. The van der Waals surface area contributed by atoms with Gasteiger partial charge >= 0.3 is 0 Å². The summed E-state index contributed by atoms with van der Waals surface area (Å²) < 4.78 is 32.3. The number of rotatable bonds is 4. The summed E-state index contributed by atoms with van der Waals surface area (Å²) in [5.74, 6) is -0.486. The maximum absolute atomic E-state index is 13.4. The third-order valence-electron chi connectivity index (χ3n) is 2.43. The molecule has 0 spiro atoms. The Morgan fingerprint density at radius 2 is 1.89 bits per heavy atom. The minimum Gasteiger partial charge on any atom is -0.490 e. The van der Waals surface area contributed by atoms with Gasteiger partial charge in [-0.25, -0.2) is 8.78 Å². The molecule has 0 aromatic heterocycles. The summed E-state index contributed by atoms with van der Waals surface area (Å²) in [5.41, 5.74) is 0.826. The molecule has 0 bridgehead atoms. The predicted molar refractivity (Wildman–Crippen MR) is 69.7 cm³/mol. The average molecular weight is 313 g/mol. The Balaban J connectivity index is 1.92. The van der Waals surface area contributed by atoms with Crippen molar-refractivity contribution < 1.29 is 13.5 Å². The van der Waals surface area contributed by atoms with E-state index in [1.807, 2.05) is 6.07 Å². The molecule has 0 saturated heterocycles. The van der Waals surface area contributed by atoms with E-state index in [4.69, 9.17) is 4.74 Å². The van der Waals surface area contributed by atoms with E-state index in [0.717, 1.165) is 5.56 Å². The molecule has 1 nitrogen and oxygen atoms in total. The van der Waals surface area contributed by atoms with Crippen LogP contribution in [0.25, 0.3) is 0 Å². The van der Waals surface area contributed by atoms with Crippen LogP contribution in [0.4, 0.5) is 8.78 Å². The van der Waals surface area contributed by atoms with Crippen LogP contribution in [0.15, 0.2) is 46.9 Å². The molecule has 94 valence electrons. The quantitative estimate of drug-likeness (QED) is 0.815. The first-order chi connectivity index (χ1) is 8.65. The number of hydrogen-bond donors (Lipinski definition) is 0. The summed E-state index contributed by atoms with van der Waals surface area (Å²) >= 11 is 3.17. The lowest BCUT2D eigenvalue weighted by molar-refractivity contribution is 0.305. The summed E-state index contributed by atoms with van der Waals surface area (Å²) in [7, 11) is 0. The van der Waals surface area contributed by atoms with E-state index in [2.05, 4.69) is 15.9 Å². The topological polar surface area (TPSA) is 9.23 Å². The van der Waals surface area contributed by atoms with Crippen molar-refractivity contribution in [2.45, 2.75) is 6.42 Å². The highest BCUT2D eigenvalue weighted by molar-refractivity contribution is 9.10. The molecule has 0 unspecified atom stereocenters. The Morgan fingerprint density at radius 3 is 2.61 bits per heavy atom. The van der Waals surface area contributed by atoms with Gasteiger partial charge in [-0.1, -0.05) is 28.1 Å². The molecular formula is C14H11BrF2O. The molecule has 0 saturated carbocycles. The third kappa shape index (κ3) is 3.53. The first-order valence-electron chi connectivity index (χ1n) is 5.47. The molecule has 0 aliphatic carbocycles. The Morgan fingerprint density at radius 1 is 1.06 bits per heavy atom. The fourth-order valence-electron chi connectivity index (χ4n) is 1.56. The molecule has 0 N–H and O–H groups in total. The van der Waals surface area contributed by atoms with Crippen molar-refractivity contribution >= 4 is 15.9 Å². The summed E-state index contributed by atoms with van der Waals surface area (Å²) in [5, 5.41) is 0. The average Bonchev–Trinajstić information content (AvgIpc) is 2.32. The Hall–Kier alpha value is -1.42. The van der Waals surface area contributed by atoms with Crippen molar-refractivity contribution in [1.29, 1.82) is 0 Å². The standard InChI is InChI=1S/C14H11BrF2O/c15-11-4-5-14(13(17)9-11)18-7-6-10-2-1-3-12(16)8-10/h1-5,8-9H,6-7H2. The smallest absolute Gasteiger partial charge is 0.166 e. The second-order valence-corrected chi connectivity index (χ2v) is 4.72. The fourth-order valence-corrected chi connectivity index (χ4v) is 1.90. The third-order valence-corrected chi connectivity index (χ3v) is 2.92. The maximum Gasteiger partial charge on any atom is 0.166 e. The van der Waals surface area contributed by atoms with Crippen molar-refractivity contribution in [2.24, 2.45) is 0 Å². The largest absolute Gasteiger partial charge is 0.490 e. The summed E-state index contributed by atoms with van der Waals surface area (Å²) in [6.07, 6.45) is 0.535. The Bertz CT molecular complexity index is 543. The first kappa shape index (κ1) is 13.0. The highest BCUT2D eigenvalue weighted by Gasteiger charge is 2.04. The molecular weight excluding hydrogens is 302 g/mol. The van der Waals surface area contributed by atoms with Gasteiger partial charge in [-0.2, -0.15) is 0 Å². The van der Waals surface area contributed by atoms with Crippen LogP contribution in [0.3, 0.4) is 0 Å². The monoisotopic (exact) mass is 312 g/mol. The van der Waals surface area contributed by atoms with E-state index < -0.39 is 5.82 Å². The molecule has 0 atom stereocenters. The van der Waals surface area contributed by atoms with Gasteiger partial charge in [0.15, 0.2) is 11.6 Å².